The number of nitrogens with zero attached hydrogens (tertiary/aromatic N) is 3. The van der Waals surface area contributed by atoms with Crippen LogP contribution < -0.4 is 10.6 Å². The number of anilines is 1. The first kappa shape index (κ1) is 29.2. The van der Waals surface area contributed by atoms with E-state index in [1.54, 1.807) is 6.20 Å². The lowest BCUT2D eigenvalue weighted by Gasteiger charge is -2.21. The lowest BCUT2D eigenvalue weighted by molar-refractivity contribution is 0.102. The topological polar surface area (TPSA) is 85.9 Å². The van der Waals surface area contributed by atoms with Gasteiger partial charge in [-0.2, -0.15) is 0 Å². The number of amides is 1. The zero-order valence-electron chi connectivity index (χ0n) is 24.5. The first-order valence-electron chi connectivity index (χ1n) is 14.9. The average Bonchev–Trinajstić information content (AvgIpc) is 3.54. The predicted octanol–water partition coefficient (Wildman–Crippen LogP) is 6.91. The second-order valence-electron chi connectivity index (χ2n) is 10.7. The molecule has 42 heavy (non-hydrogen) atoms. The molecule has 3 N–H and O–H groups in total. The van der Waals surface area contributed by atoms with Crippen molar-refractivity contribution in [2.75, 3.05) is 18.4 Å². The van der Waals surface area contributed by atoms with E-state index in [9.17, 15) is 4.79 Å². The number of carbonyl (C=O) groups is 1. The van der Waals surface area contributed by atoms with Crippen molar-refractivity contribution in [3.05, 3.63) is 126 Å². The Hall–Kier alpha value is -4.33. The third kappa shape index (κ3) is 7.69. The molecule has 0 aliphatic carbocycles. The highest BCUT2D eigenvalue weighted by molar-refractivity contribution is 6.04. The molecular weight excluding hydrogens is 520 g/mol. The maximum absolute atomic E-state index is 13.0. The lowest BCUT2D eigenvalue weighted by atomic mass is 10.0. The number of hydrogen-bond acceptors (Lipinski definition) is 5. The molecule has 0 aliphatic rings. The monoisotopic (exact) mass is 560 g/mol. The Morgan fingerprint density at radius 1 is 0.857 bits per heavy atom. The van der Waals surface area contributed by atoms with Gasteiger partial charge in [-0.3, -0.25) is 14.7 Å². The highest BCUT2D eigenvalue weighted by Crippen LogP contribution is 2.25. The van der Waals surface area contributed by atoms with Gasteiger partial charge in [0, 0.05) is 54.7 Å². The van der Waals surface area contributed by atoms with E-state index in [1.807, 2.05) is 67.0 Å². The highest BCUT2D eigenvalue weighted by atomic mass is 16.1. The first-order valence-corrected chi connectivity index (χ1v) is 14.9. The van der Waals surface area contributed by atoms with Gasteiger partial charge in [-0.05, 0) is 72.8 Å². The van der Waals surface area contributed by atoms with E-state index < -0.39 is 0 Å². The van der Waals surface area contributed by atoms with E-state index in [2.05, 4.69) is 63.6 Å². The first-order chi connectivity index (χ1) is 20.6. The number of aromatic amines is 1. The van der Waals surface area contributed by atoms with Gasteiger partial charge in [-0.15, -0.1) is 0 Å². The number of rotatable bonds is 14. The number of imidazole rings is 1. The Bertz CT molecular complexity index is 1540. The van der Waals surface area contributed by atoms with Gasteiger partial charge in [0.2, 0.25) is 0 Å². The molecule has 7 nitrogen and oxygen atoms in total. The normalized spacial score (nSPS) is 12.1. The van der Waals surface area contributed by atoms with Gasteiger partial charge in [0.25, 0.3) is 5.91 Å². The van der Waals surface area contributed by atoms with E-state index in [0.717, 1.165) is 66.0 Å². The molecule has 216 valence electrons. The van der Waals surface area contributed by atoms with Gasteiger partial charge in [-0.25, -0.2) is 4.98 Å². The van der Waals surface area contributed by atoms with Crippen LogP contribution in [-0.4, -0.2) is 38.8 Å². The number of H-pyrrole nitrogens is 1. The summed E-state index contributed by atoms with van der Waals surface area (Å²) in [6, 6.07) is 26.3. The number of benzene rings is 3. The van der Waals surface area contributed by atoms with Crippen LogP contribution in [0.4, 0.5) is 5.69 Å². The quantitative estimate of drug-likeness (QED) is 0.137. The molecule has 2 aromatic heterocycles. The number of aromatic nitrogens is 3. The molecule has 0 aliphatic heterocycles. The van der Waals surface area contributed by atoms with E-state index in [1.165, 1.54) is 5.56 Å². The summed E-state index contributed by atoms with van der Waals surface area (Å²) in [6.45, 7) is 8.20. The van der Waals surface area contributed by atoms with E-state index >= 15 is 0 Å². The largest absolute Gasteiger partial charge is 0.349 e. The molecule has 1 atom stereocenters. The fourth-order valence-corrected chi connectivity index (χ4v) is 5.36. The van der Waals surface area contributed by atoms with Crippen LogP contribution >= 0.6 is 0 Å². The predicted molar refractivity (Wildman–Crippen MR) is 170 cm³/mol. The Morgan fingerprint density at radius 3 is 2.31 bits per heavy atom. The van der Waals surface area contributed by atoms with Crippen molar-refractivity contribution in [2.24, 2.45) is 0 Å². The van der Waals surface area contributed by atoms with Crippen LogP contribution in [0.15, 0.2) is 97.5 Å². The summed E-state index contributed by atoms with van der Waals surface area (Å²) < 4.78 is 0. The second-order valence-corrected chi connectivity index (χ2v) is 10.7. The summed E-state index contributed by atoms with van der Waals surface area (Å²) in [7, 11) is 0. The summed E-state index contributed by atoms with van der Waals surface area (Å²) in [5.74, 6) is 0.790. The summed E-state index contributed by atoms with van der Waals surface area (Å²) in [4.78, 5) is 27.8. The van der Waals surface area contributed by atoms with Crippen molar-refractivity contribution in [1.82, 2.24) is 25.2 Å². The smallest absolute Gasteiger partial charge is 0.255 e. The van der Waals surface area contributed by atoms with Crippen LogP contribution in [0.2, 0.25) is 0 Å². The fraction of sp³-hybridized carbons (Fsp3) is 0.286. The average molecular weight is 561 g/mol. The molecule has 0 saturated carbocycles. The van der Waals surface area contributed by atoms with E-state index in [4.69, 9.17) is 4.98 Å². The van der Waals surface area contributed by atoms with Crippen molar-refractivity contribution in [1.29, 1.82) is 0 Å². The highest BCUT2D eigenvalue weighted by Gasteiger charge is 2.18. The van der Waals surface area contributed by atoms with Gasteiger partial charge < -0.3 is 15.6 Å². The minimum atomic E-state index is -0.114. The van der Waals surface area contributed by atoms with Gasteiger partial charge in [0.1, 0.15) is 5.82 Å². The maximum atomic E-state index is 13.0. The second kappa shape index (κ2) is 14.5. The molecular formula is C35H40N6O. The van der Waals surface area contributed by atoms with Crippen LogP contribution in [0.1, 0.15) is 65.7 Å². The molecule has 0 bridgehead atoms. The maximum Gasteiger partial charge on any atom is 0.255 e. The fourth-order valence-electron chi connectivity index (χ4n) is 5.36. The molecule has 2 heterocycles. The standard InChI is InChI=1S/C35H40N6O/c1-3-21-41(22-4-2)25-27-11-15-30(16-12-27)40-35(42)29-13-9-26(10-14-29)24-39-32(23-33-36-19-20-37-33)34-31-8-6-5-7-28(31)17-18-38-34/h5-20,32,39H,3-4,21-25H2,1-2H3,(H,36,37)(H,40,42). The molecule has 1 unspecified atom stereocenters. The van der Waals surface area contributed by atoms with Crippen molar-refractivity contribution >= 4 is 22.4 Å². The van der Waals surface area contributed by atoms with Gasteiger partial charge >= 0.3 is 0 Å². The molecule has 3 aromatic carbocycles. The van der Waals surface area contributed by atoms with Gasteiger partial charge in [-0.1, -0.05) is 62.4 Å². The molecule has 0 saturated heterocycles. The molecule has 5 rings (SSSR count). The minimum absolute atomic E-state index is 0.0378. The van der Waals surface area contributed by atoms with Crippen LogP contribution in [0.25, 0.3) is 10.8 Å². The minimum Gasteiger partial charge on any atom is -0.349 e. The molecule has 1 amide bonds. The third-order valence-corrected chi connectivity index (χ3v) is 7.45. The molecule has 5 aromatic rings. The van der Waals surface area contributed by atoms with E-state index in [0.29, 0.717) is 18.5 Å². The number of nitrogens with one attached hydrogen (secondary N) is 3. The number of carbonyl (C=O) groups excluding carboxylic acids is 1. The van der Waals surface area contributed by atoms with Crippen molar-refractivity contribution in [3.8, 4) is 0 Å². The number of pyridine rings is 1. The Morgan fingerprint density at radius 2 is 1.60 bits per heavy atom. The Kier molecular flexibility index (Phi) is 10.1. The SMILES string of the molecule is CCCN(CCC)Cc1ccc(NC(=O)c2ccc(CNC(Cc3ncc[nH]3)c3nccc4ccccc34)cc2)cc1. The Labute approximate surface area is 248 Å². The van der Waals surface area contributed by atoms with Crippen LogP contribution in [0.3, 0.4) is 0 Å². The third-order valence-electron chi connectivity index (χ3n) is 7.45. The summed E-state index contributed by atoms with van der Waals surface area (Å²) in [5.41, 5.74) is 4.77. The number of hydrogen-bond donors (Lipinski definition) is 3. The van der Waals surface area contributed by atoms with Crippen LogP contribution in [0, 0.1) is 0 Å². The van der Waals surface area contributed by atoms with Crippen molar-refractivity contribution in [2.45, 2.75) is 52.2 Å². The van der Waals surface area contributed by atoms with Gasteiger partial charge in [0.05, 0.1) is 11.7 Å². The lowest BCUT2D eigenvalue weighted by Crippen LogP contribution is -2.25. The summed E-state index contributed by atoms with van der Waals surface area (Å²) >= 11 is 0. The Balaban J connectivity index is 1.21. The van der Waals surface area contributed by atoms with Crippen molar-refractivity contribution < 1.29 is 4.79 Å². The van der Waals surface area contributed by atoms with Gasteiger partial charge in [0.15, 0.2) is 0 Å². The molecule has 0 spiro atoms. The van der Waals surface area contributed by atoms with E-state index in [-0.39, 0.29) is 11.9 Å². The zero-order chi connectivity index (χ0) is 29.1. The van der Waals surface area contributed by atoms with Crippen LogP contribution in [0.5, 0.6) is 0 Å². The molecule has 0 fully saturated rings. The molecule has 0 radical (unpaired) electrons. The summed E-state index contributed by atoms with van der Waals surface area (Å²) in [6.07, 6.45) is 8.46. The number of fused-ring (bicyclic) bond motifs is 1. The summed E-state index contributed by atoms with van der Waals surface area (Å²) in [5, 5.41) is 9.00. The zero-order valence-corrected chi connectivity index (χ0v) is 24.5. The van der Waals surface area contributed by atoms with Crippen molar-refractivity contribution in [3.63, 3.8) is 0 Å². The van der Waals surface area contributed by atoms with Crippen LogP contribution in [-0.2, 0) is 19.5 Å². The molecule has 7 heteroatoms.